The quantitative estimate of drug-likeness (QED) is 0.761. The van der Waals surface area contributed by atoms with E-state index in [1.807, 2.05) is 11.8 Å². The highest BCUT2D eigenvalue weighted by Gasteiger charge is 2.45. The number of hydrogen-bond acceptors (Lipinski definition) is 3. The highest BCUT2D eigenvalue weighted by molar-refractivity contribution is 7.99. The fourth-order valence-corrected chi connectivity index (χ4v) is 4.98. The van der Waals surface area contributed by atoms with Crippen molar-refractivity contribution in [2.75, 3.05) is 38.2 Å². The first-order valence-electron chi connectivity index (χ1n) is 9.26. The monoisotopic (exact) mass is 346 g/mol. The molecule has 1 spiro atoms. The fraction of sp³-hybridized carbons (Fsp3) is 0.650. The second-order valence-corrected chi connectivity index (χ2v) is 8.64. The molecular formula is C20H30N2OS. The maximum Gasteiger partial charge on any atom is 0.223 e. The van der Waals surface area contributed by atoms with Crippen molar-refractivity contribution in [3.63, 3.8) is 0 Å². The molecule has 2 aliphatic heterocycles. The second kappa shape index (κ2) is 7.92. The van der Waals surface area contributed by atoms with E-state index in [0.717, 1.165) is 44.0 Å². The van der Waals surface area contributed by atoms with Gasteiger partial charge in [-0.2, -0.15) is 11.8 Å². The van der Waals surface area contributed by atoms with Crippen molar-refractivity contribution in [3.05, 3.63) is 35.9 Å². The van der Waals surface area contributed by atoms with Crippen molar-refractivity contribution in [1.82, 2.24) is 9.80 Å². The van der Waals surface area contributed by atoms with Gasteiger partial charge in [0.1, 0.15) is 0 Å². The molecule has 1 atom stereocenters. The number of hydrogen-bond donors (Lipinski definition) is 0. The van der Waals surface area contributed by atoms with E-state index in [9.17, 15) is 4.79 Å². The van der Waals surface area contributed by atoms with Gasteiger partial charge in [0.25, 0.3) is 0 Å². The van der Waals surface area contributed by atoms with E-state index in [4.69, 9.17) is 0 Å². The van der Waals surface area contributed by atoms with Crippen LogP contribution in [0.15, 0.2) is 30.3 Å². The largest absolute Gasteiger partial charge is 0.343 e. The van der Waals surface area contributed by atoms with E-state index in [0.29, 0.717) is 23.8 Å². The summed E-state index contributed by atoms with van der Waals surface area (Å²) in [4.78, 5) is 17.0. The van der Waals surface area contributed by atoms with Crippen LogP contribution in [-0.4, -0.2) is 59.4 Å². The standard InChI is InChI=1S/C20H30N2OS/c1-3-24-14-9-19(23)22-12-10-20(11-13-22)15-18(16-21(20)2)17-7-5-4-6-8-17/h4-8,18H,3,9-16H2,1-2H3/t18-/m1/s1. The van der Waals surface area contributed by atoms with E-state index in [-0.39, 0.29) is 0 Å². The minimum Gasteiger partial charge on any atom is -0.343 e. The van der Waals surface area contributed by atoms with E-state index < -0.39 is 0 Å². The van der Waals surface area contributed by atoms with Crippen LogP contribution in [0.25, 0.3) is 0 Å². The number of amides is 1. The van der Waals surface area contributed by atoms with E-state index in [1.165, 1.54) is 12.0 Å². The van der Waals surface area contributed by atoms with Gasteiger partial charge in [0.15, 0.2) is 0 Å². The van der Waals surface area contributed by atoms with Crippen molar-refractivity contribution in [2.24, 2.45) is 0 Å². The number of piperidine rings is 1. The Morgan fingerprint density at radius 2 is 1.96 bits per heavy atom. The molecule has 24 heavy (non-hydrogen) atoms. The van der Waals surface area contributed by atoms with E-state index in [1.54, 1.807) is 0 Å². The summed E-state index contributed by atoms with van der Waals surface area (Å²) < 4.78 is 0. The van der Waals surface area contributed by atoms with Crippen LogP contribution in [0.5, 0.6) is 0 Å². The lowest BCUT2D eigenvalue weighted by Crippen LogP contribution is -2.52. The summed E-state index contributed by atoms with van der Waals surface area (Å²) in [7, 11) is 2.28. The molecule has 0 N–H and O–H groups in total. The predicted molar refractivity (Wildman–Crippen MR) is 103 cm³/mol. The van der Waals surface area contributed by atoms with Gasteiger partial charge in [-0.05, 0) is 43.5 Å². The molecule has 1 aromatic carbocycles. The zero-order valence-corrected chi connectivity index (χ0v) is 15.9. The Balaban J connectivity index is 1.56. The van der Waals surface area contributed by atoms with Crippen molar-refractivity contribution in [3.8, 4) is 0 Å². The van der Waals surface area contributed by atoms with Crippen molar-refractivity contribution >= 4 is 17.7 Å². The first-order valence-corrected chi connectivity index (χ1v) is 10.4. The van der Waals surface area contributed by atoms with Crippen LogP contribution < -0.4 is 0 Å². The average molecular weight is 347 g/mol. The van der Waals surface area contributed by atoms with Gasteiger partial charge < -0.3 is 4.90 Å². The smallest absolute Gasteiger partial charge is 0.223 e. The second-order valence-electron chi connectivity index (χ2n) is 7.24. The van der Waals surface area contributed by atoms with Gasteiger partial charge in [0, 0.05) is 37.3 Å². The molecule has 3 rings (SSSR count). The Hall–Kier alpha value is -1.00. The summed E-state index contributed by atoms with van der Waals surface area (Å²) >= 11 is 1.86. The number of carbonyl (C=O) groups is 1. The molecule has 132 valence electrons. The predicted octanol–water partition coefficient (Wildman–Crippen LogP) is 3.61. The fourth-order valence-electron chi connectivity index (χ4n) is 4.37. The Bertz CT molecular complexity index is 540. The van der Waals surface area contributed by atoms with Gasteiger partial charge in [-0.25, -0.2) is 0 Å². The first kappa shape index (κ1) is 17.8. The third-order valence-corrected chi connectivity index (χ3v) is 6.81. The molecule has 3 nitrogen and oxygen atoms in total. The molecule has 2 fully saturated rings. The molecule has 0 aromatic heterocycles. The minimum atomic E-state index is 0.301. The highest BCUT2D eigenvalue weighted by atomic mass is 32.2. The lowest BCUT2D eigenvalue weighted by molar-refractivity contribution is -0.133. The molecule has 0 unspecified atom stereocenters. The topological polar surface area (TPSA) is 23.6 Å². The number of rotatable bonds is 5. The molecule has 4 heteroatoms. The maximum atomic E-state index is 12.3. The Kier molecular flexibility index (Phi) is 5.88. The Labute approximate surface area is 150 Å². The zero-order valence-electron chi connectivity index (χ0n) is 15.0. The van der Waals surface area contributed by atoms with Crippen LogP contribution in [0.4, 0.5) is 0 Å². The number of carbonyl (C=O) groups excluding carboxylic acids is 1. The molecule has 2 saturated heterocycles. The van der Waals surface area contributed by atoms with Gasteiger partial charge in [0.05, 0.1) is 0 Å². The van der Waals surface area contributed by atoms with Gasteiger partial charge in [-0.15, -0.1) is 0 Å². The summed E-state index contributed by atoms with van der Waals surface area (Å²) in [5.41, 5.74) is 1.77. The Morgan fingerprint density at radius 1 is 1.25 bits per heavy atom. The van der Waals surface area contributed by atoms with Crippen LogP contribution in [0.2, 0.25) is 0 Å². The van der Waals surface area contributed by atoms with Crippen molar-refractivity contribution in [1.29, 1.82) is 0 Å². The Morgan fingerprint density at radius 3 is 2.62 bits per heavy atom. The summed E-state index contributed by atoms with van der Waals surface area (Å²) in [6, 6.07) is 10.9. The normalized spacial score (nSPS) is 23.8. The number of benzene rings is 1. The molecule has 2 aliphatic rings. The van der Waals surface area contributed by atoms with Crippen LogP contribution in [0, 0.1) is 0 Å². The van der Waals surface area contributed by atoms with Gasteiger partial charge in [-0.3, -0.25) is 9.69 Å². The lowest BCUT2D eigenvalue weighted by atomic mass is 9.81. The van der Waals surface area contributed by atoms with Gasteiger partial charge >= 0.3 is 0 Å². The van der Waals surface area contributed by atoms with Crippen LogP contribution in [0.1, 0.15) is 44.1 Å². The average Bonchev–Trinajstić information content (AvgIpc) is 2.93. The molecule has 0 bridgehead atoms. The lowest BCUT2D eigenvalue weighted by Gasteiger charge is -2.43. The van der Waals surface area contributed by atoms with Crippen molar-refractivity contribution in [2.45, 2.75) is 44.1 Å². The number of likely N-dealkylation sites (tertiary alicyclic amines) is 2. The zero-order chi connectivity index (χ0) is 17.0. The van der Waals surface area contributed by atoms with E-state index in [2.05, 4.69) is 54.1 Å². The minimum absolute atomic E-state index is 0.301. The summed E-state index contributed by atoms with van der Waals surface area (Å²) in [6.07, 6.45) is 4.19. The number of likely N-dealkylation sites (N-methyl/N-ethyl adjacent to an activating group) is 1. The third-order valence-electron chi connectivity index (χ3n) is 5.91. The summed E-state index contributed by atoms with van der Waals surface area (Å²) in [6.45, 7) is 5.16. The summed E-state index contributed by atoms with van der Waals surface area (Å²) in [5, 5.41) is 0. The first-order chi connectivity index (χ1) is 11.6. The molecular weight excluding hydrogens is 316 g/mol. The van der Waals surface area contributed by atoms with Crippen LogP contribution in [-0.2, 0) is 4.79 Å². The van der Waals surface area contributed by atoms with Crippen molar-refractivity contribution < 1.29 is 4.79 Å². The molecule has 1 amide bonds. The van der Waals surface area contributed by atoms with Gasteiger partial charge in [0.2, 0.25) is 5.91 Å². The molecule has 2 heterocycles. The summed E-state index contributed by atoms with van der Waals surface area (Å²) in [5.74, 6) is 3.06. The third kappa shape index (κ3) is 3.80. The van der Waals surface area contributed by atoms with Crippen LogP contribution >= 0.6 is 11.8 Å². The molecule has 0 aliphatic carbocycles. The molecule has 1 aromatic rings. The molecule has 0 saturated carbocycles. The van der Waals surface area contributed by atoms with Gasteiger partial charge in [-0.1, -0.05) is 37.3 Å². The van der Waals surface area contributed by atoms with E-state index >= 15 is 0 Å². The maximum absolute atomic E-state index is 12.3. The highest BCUT2D eigenvalue weighted by Crippen LogP contribution is 2.43. The van der Waals surface area contributed by atoms with Crippen LogP contribution in [0.3, 0.4) is 0 Å². The number of nitrogens with zero attached hydrogens (tertiary/aromatic N) is 2. The SMILES string of the molecule is CCSCCC(=O)N1CCC2(CC1)C[C@@H](c1ccccc1)CN2C. The number of thioether (sulfide) groups is 1. The molecule has 0 radical (unpaired) electrons.